The van der Waals surface area contributed by atoms with Crippen molar-refractivity contribution >= 4 is 39.2 Å². The van der Waals surface area contributed by atoms with Crippen LogP contribution >= 0.6 is 0 Å². The fraction of sp³-hybridized carbons (Fsp3) is 0.146. The third kappa shape index (κ3) is 4.68. The Bertz CT molecular complexity index is 2630. The molecule has 10 rings (SSSR count). The summed E-state index contributed by atoms with van der Waals surface area (Å²) in [6.07, 6.45) is 11.7. The summed E-state index contributed by atoms with van der Waals surface area (Å²) in [5.41, 5.74) is 16.9. The summed E-state index contributed by atoms with van der Waals surface area (Å²) >= 11 is 0. The number of hydrogen-bond acceptors (Lipinski definition) is 3. The molecule has 1 atom stereocenters. The first kappa shape index (κ1) is 29.9. The van der Waals surface area contributed by atoms with Gasteiger partial charge in [0.2, 0.25) is 0 Å². The Morgan fingerprint density at radius 2 is 1.45 bits per heavy atom. The van der Waals surface area contributed by atoms with Crippen LogP contribution in [0.1, 0.15) is 49.8 Å². The van der Waals surface area contributed by atoms with Crippen LogP contribution in [0.2, 0.25) is 0 Å². The lowest BCUT2D eigenvalue weighted by atomic mass is 9.78. The molecule has 0 saturated heterocycles. The average molecular weight is 659 g/mol. The van der Waals surface area contributed by atoms with Crippen molar-refractivity contribution in [2.45, 2.75) is 38.5 Å². The number of pyridine rings is 1. The minimum absolute atomic E-state index is 0.0723. The summed E-state index contributed by atoms with van der Waals surface area (Å²) in [6.45, 7) is 4.70. The molecule has 7 aromatic rings. The van der Waals surface area contributed by atoms with E-state index in [-0.39, 0.29) is 5.41 Å². The van der Waals surface area contributed by atoms with Crippen LogP contribution in [0.5, 0.6) is 0 Å². The second kappa shape index (κ2) is 11.6. The number of allylic oxidation sites excluding steroid dienone is 2. The van der Waals surface area contributed by atoms with Gasteiger partial charge in [-0.3, -0.25) is 4.98 Å². The van der Waals surface area contributed by atoms with Crippen LogP contribution in [0.3, 0.4) is 0 Å². The van der Waals surface area contributed by atoms with Crippen LogP contribution in [0.4, 0.5) is 17.1 Å². The Labute approximate surface area is 298 Å². The highest BCUT2D eigenvalue weighted by Gasteiger charge is 2.36. The zero-order valence-electron chi connectivity index (χ0n) is 28.9. The predicted molar refractivity (Wildman–Crippen MR) is 210 cm³/mol. The van der Waals surface area contributed by atoms with Gasteiger partial charge in [-0.15, -0.1) is 0 Å². The van der Waals surface area contributed by atoms with Crippen LogP contribution in [-0.2, 0) is 5.41 Å². The number of benzene rings is 5. The molecule has 0 fully saturated rings. The molecule has 51 heavy (non-hydrogen) atoms. The standard InChI is InChI=1S/C48H38N2O/c1-48(2)42-19-9-8-17-39(42)40-26-25-36(29-43(40)48)50(34-14-4-3-5-15-34)35-23-21-31(22-24-35)41-28-32-12-6-7-16-37(32)46-45-38(33-13-11-27-49-30-33)18-10-20-44(45)51-47(41)46/h3-5,7-11,13-27,29-30,32H,6,12,28H2,1-2H3. The van der Waals surface area contributed by atoms with Crippen molar-refractivity contribution in [2.24, 2.45) is 5.92 Å². The molecule has 0 aliphatic heterocycles. The summed E-state index contributed by atoms with van der Waals surface area (Å²) in [4.78, 5) is 6.84. The number of rotatable bonds is 5. The topological polar surface area (TPSA) is 29.3 Å². The molecule has 3 nitrogen and oxygen atoms in total. The molecule has 2 aromatic heterocycles. The number of nitrogens with zero attached hydrogens (tertiary/aromatic N) is 2. The number of para-hydroxylation sites is 1. The first-order valence-electron chi connectivity index (χ1n) is 18.1. The molecule has 0 spiro atoms. The third-order valence-corrected chi connectivity index (χ3v) is 11.4. The molecule has 5 aromatic carbocycles. The number of furan rings is 1. The molecular weight excluding hydrogens is 621 g/mol. The second-order valence-electron chi connectivity index (χ2n) is 14.7. The van der Waals surface area contributed by atoms with Gasteiger partial charge in [0.05, 0.1) is 0 Å². The van der Waals surface area contributed by atoms with Crippen molar-refractivity contribution in [3.63, 3.8) is 0 Å². The molecule has 0 radical (unpaired) electrons. The maximum Gasteiger partial charge on any atom is 0.139 e. The summed E-state index contributed by atoms with van der Waals surface area (Å²) in [5, 5.41) is 2.45. The molecule has 0 N–H and O–H groups in total. The van der Waals surface area contributed by atoms with Crippen LogP contribution < -0.4 is 15.5 Å². The molecule has 3 aliphatic rings. The van der Waals surface area contributed by atoms with Gasteiger partial charge in [0.1, 0.15) is 11.0 Å². The molecule has 0 amide bonds. The zero-order valence-corrected chi connectivity index (χ0v) is 28.9. The van der Waals surface area contributed by atoms with Crippen molar-refractivity contribution in [3.8, 4) is 22.3 Å². The molecule has 246 valence electrons. The predicted octanol–water partition coefficient (Wildman–Crippen LogP) is 11.0. The molecule has 2 heterocycles. The van der Waals surface area contributed by atoms with Gasteiger partial charge < -0.3 is 9.32 Å². The summed E-state index contributed by atoms with van der Waals surface area (Å²) in [5.74, 6) is 0.458. The van der Waals surface area contributed by atoms with Crippen LogP contribution in [0.25, 0.3) is 44.4 Å². The van der Waals surface area contributed by atoms with Gasteiger partial charge in [0.15, 0.2) is 0 Å². The van der Waals surface area contributed by atoms with Gasteiger partial charge in [0, 0.05) is 56.6 Å². The highest BCUT2D eigenvalue weighted by molar-refractivity contribution is 5.97. The summed E-state index contributed by atoms with van der Waals surface area (Å²) < 4.78 is 6.85. The van der Waals surface area contributed by atoms with E-state index < -0.39 is 0 Å². The van der Waals surface area contributed by atoms with E-state index >= 15 is 0 Å². The van der Waals surface area contributed by atoms with Gasteiger partial charge >= 0.3 is 0 Å². The van der Waals surface area contributed by atoms with Crippen molar-refractivity contribution in [3.05, 3.63) is 179 Å². The van der Waals surface area contributed by atoms with Crippen molar-refractivity contribution in [1.82, 2.24) is 4.98 Å². The minimum Gasteiger partial charge on any atom is -0.456 e. The van der Waals surface area contributed by atoms with Crippen LogP contribution in [0.15, 0.2) is 156 Å². The monoisotopic (exact) mass is 658 g/mol. The molecule has 3 heteroatoms. The van der Waals surface area contributed by atoms with Gasteiger partial charge in [-0.25, -0.2) is 0 Å². The average Bonchev–Trinajstić information content (AvgIpc) is 3.69. The Morgan fingerprint density at radius 3 is 2.29 bits per heavy atom. The van der Waals surface area contributed by atoms with Gasteiger partial charge in [-0.05, 0) is 113 Å². The van der Waals surface area contributed by atoms with Crippen LogP contribution in [-0.4, -0.2) is 4.98 Å². The molecule has 3 aliphatic carbocycles. The Kier molecular flexibility index (Phi) is 6.79. The van der Waals surface area contributed by atoms with E-state index in [4.69, 9.17) is 4.42 Å². The highest BCUT2D eigenvalue weighted by atomic mass is 16.3. The summed E-state index contributed by atoms with van der Waals surface area (Å²) in [6, 6.07) is 46.3. The van der Waals surface area contributed by atoms with E-state index in [9.17, 15) is 0 Å². The lowest BCUT2D eigenvalue weighted by molar-refractivity contribution is 0.547. The number of hydrogen-bond donors (Lipinski definition) is 0. The molecule has 0 saturated carbocycles. The van der Waals surface area contributed by atoms with Crippen molar-refractivity contribution in [2.75, 3.05) is 4.90 Å². The smallest absolute Gasteiger partial charge is 0.139 e. The normalized spacial score (nSPS) is 16.8. The number of fused-ring (bicyclic) bond motifs is 7. The lowest BCUT2D eigenvalue weighted by Crippen LogP contribution is -2.34. The quantitative estimate of drug-likeness (QED) is 0.184. The molecule has 0 bridgehead atoms. The SMILES string of the molecule is CC1(C)c2ccccc2-c2ccc(N(c3ccccc3)c3ccc(C4=c5oc6cccc(-c7cccnc7)c6c5=C5C=CCCC5C4)cc3)cc21. The lowest BCUT2D eigenvalue weighted by Gasteiger charge is -2.28. The van der Waals surface area contributed by atoms with E-state index in [1.165, 1.54) is 55.1 Å². The van der Waals surface area contributed by atoms with Crippen molar-refractivity contribution < 1.29 is 4.42 Å². The Hall–Kier alpha value is -5.93. The van der Waals surface area contributed by atoms with E-state index in [0.29, 0.717) is 5.92 Å². The maximum absolute atomic E-state index is 6.85. The number of anilines is 3. The van der Waals surface area contributed by atoms with E-state index in [1.807, 2.05) is 18.5 Å². The van der Waals surface area contributed by atoms with Crippen LogP contribution in [0, 0.1) is 5.92 Å². The second-order valence-corrected chi connectivity index (χ2v) is 14.7. The van der Waals surface area contributed by atoms with Crippen molar-refractivity contribution in [1.29, 1.82) is 0 Å². The third-order valence-electron chi connectivity index (χ3n) is 11.4. The first-order valence-corrected chi connectivity index (χ1v) is 18.1. The fourth-order valence-corrected chi connectivity index (χ4v) is 8.95. The fourth-order valence-electron chi connectivity index (χ4n) is 8.95. The minimum atomic E-state index is -0.0723. The molecule has 1 unspecified atom stereocenters. The largest absolute Gasteiger partial charge is 0.456 e. The number of aromatic nitrogens is 1. The highest BCUT2D eigenvalue weighted by Crippen LogP contribution is 2.50. The van der Waals surface area contributed by atoms with Gasteiger partial charge in [0.25, 0.3) is 0 Å². The summed E-state index contributed by atoms with van der Waals surface area (Å²) in [7, 11) is 0. The molecular formula is C48H38N2O. The zero-order chi connectivity index (χ0) is 34.1. The first-order chi connectivity index (χ1) is 25.1. The van der Waals surface area contributed by atoms with E-state index in [2.05, 4.69) is 157 Å². The Balaban J connectivity index is 1.13. The maximum atomic E-state index is 6.85. The van der Waals surface area contributed by atoms with Gasteiger partial charge in [-0.2, -0.15) is 0 Å². The van der Waals surface area contributed by atoms with E-state index in [1.54, 1.807) is 0 Å². The van der Waals surface area contributed by atoms with Gasteiger partial charge in [-0.1, -0.05) is 105 Å². The van der Waals surface area contributed by atoms with E-state index in [0.717, 1.165) is 52.9 Å². The Morgan fingerprint density at radius 1 is 0.686 bits per heavy atom.